The third kappa shape index (κ3) is 3.33. The first-order chi connectivity index (χ1) is 13.0. The van der Waals surface area contributed by atoms with E-state index in [1.54, 1.807) is 15.9 Å². The summed E-state index contributed by atoms with van der Waals surface area (Å²) in [5.74, 6) is 0.477. The Hall–Kier alpha value is -1.67. The minimum Gasteiger partial charge on any atom is -0.287 e. The van der Waals surface area contributed by atoms with Gasteiger partial charge in [-0.2, -0.15) is 0 Å². The molecule has 2 aliphatic rings. The Kier molecular flexibility index (Phi) is 5.11. The van der Waals surface area contributed by atoms with Crippen LogP contribution in [0.1, 0.15) is 43.6 Å². The van der Waals surface area contributed by atoms with Gasteiger partial charge in [0.1, 0.15) is 4.83 Å². The Morgan fingerprint density at radius 2 is 2.15 bits per heavy atom. The van der Waals surface area contributed by atoms with E-state index in [4.69, 9.17) is 4.98 Å². The van der Waals surface area contributed by atoms with Crippen LogP contribution in [0.2, 0.25) is 0 Å². The van der Waals surface area contributed by atoms with Crippen molar-refractivity contribution in [2.45, 2.75) is 57.7 Å². The third-order valence-corrected chi connectivity index (χ3v) is 7.51. The number of thiophene rings is 1. The summed E-state index contributed by atoms with van der Waals surface area (Å²) in [4.78, 5) is 45.3. The largest absolute Gasteiger partial charge is 0.287 e. The van der Waals surface area contributed by atoms with Gasteiger partial charge in [-0.1, -0.05) is 18.7 Å². The number of carbonyl (C=O) groups excluding carboxylic acids is 2. The molecule has 0 saturated carbocycles. The first kappa shape index (κ1) is 18.7. The smallest absolute Gasteiger partial charge is 0.263 e. The summed E-state index contributed by atoms with van der Waals surface area (Å²) < 4.78 is 1.66. The molecule has 144 valence electrons. The SMILES string of the molecule is CCn1c(SCC(=O)N2CCCC2=O)nc2sc3c(c2c1=O)CC[C@H](C)C3. The van der Waals surface area contributed by atoms with E-state index in [9.17, 15) is 14.4 Å². The number of nitrogens with zero attached hydrogens (tertiary/aromatic N) is 3. The fraction of sp³-hybridized carbons (Fsp3) is 0.579. The molecule has 4 rings (SSSR count). The fourth-order valence-corrected chi connectivity index (χ4v) is 6.27. The normalized spacial score (nSPS) is 19.7. The molecule has 0 aromatic carbocycles. The summed E-state index contributed by atoms with van der Waals surface area (Å²) in [6.07, 6.45) is 4.25. The van der Waals surface area contributed by atoms with Crippen LogP contribution < -0.4 is 5.56 Å². The summed E-state index contributed by atoms with van der Waals surface area (Å²) in [5, 5.41) is 1.34. The van der Waals surface area contributed by atoms with Gasteiger partial charge in [-0.3, -0.25) is 23.9 Å². The number of carbonyl (C=O) groups is 2. The highest BCUT2D eigenvalue weighted by atomic mass is 32.2. The molecule has 0 spiro atoms. The molecule has 1 aliphatic carbocycles. The Bertz CT molecular complexity index is 979. The number of rotatable bonds is 4. The van der Waals surface area contributed by atoms with Crippen LogP contribution in [0.5, 0.6) is 0 Å². The number of hydrogen-bond acceptors (Lipinski definition) is 6. The number of hydrogen-bond donors (Lipinski definition) is 0. The van der Waals surface area contributed by atoms with E-state index in [0.717, 1.165) is 35.9 Å². The highest BCUT2D eigenvalue weighted by molar-refractivity contribution is 7.99. The zero-order valence-corrected chi connectivity index (χ0v) is 17.3. The number of fused-ring (bicyclic) bond motifs is 3. The second-order valence-corrected chi connectivity index (χ2v) is 9.33. The van der Waals surface area contributed by atoms with Gasteiger partial charge in [0, 0.05) is 24.4 Å². The molecule has 3 heterocycles. The van der Waals surface area contributed by atoms with Gasteiger partial charge in [-0.15, -0.1) is 11.3 Å². The van der Waals surface area contributed by atoms with Crippen molar-refractivity contribution in [3.8, 4) is 0 Å². The maximum absolute atomic E-state index is 13.1. The molecule has 27 heavy (non-hydrogen) atoms. The van der Waals surface area contributed by atoms with Crippen molar-refractivity contribution in [1.29, 1.82) is 0 Å². The summed E-state index contributed by atoms with van der Waals surface area (Å²) >= 11 is 2.88. The maximum atomic E-state index is 13.1. The Morgan fingerprint density at radius 3 is 2.85 bits per heavy atom. The van der Waals surface area contributed by atoms with Gasteiger partial charge in [0.25, 0.3) is 5.56 Å². The first-order valence-electron chi connectivity index (χ1n) is 9.50. The lowest BCUT2D eigenvalue weighted by atomic mass is 9.89. The van der Waals surface area contributed by atoms with Gasteiger partial charge < -0.3 is 0 Å². The van der Waals surface area contributed by atoms with E-state index in [2.05, 4.69) is 6.92 Å². The number of aryl methyl sites for hydroxylation is 1. The standard InChI is InChI=1S/C19H23N3O3S2/c1-3-21-18(25)16-12-7-6-11(2)9-13(12)27-17(16)20-19(21)26-10-15(24)22-8-4-5-14(22)23/h11H,3-10H2,1-2H3/t11-/m0/s1. The van der Waals surface area contributed by atoms with Crippen LogP contribution in [0.25, 0.3) is 10.2 Å². The monoisotopic (exact) mass is 405 g/mol. The third-order valence-electron chi connectivity index (χ3n) is 5.40. The molecule has 2 aromatic heterocycles. The summed E-state index contributed by atoms with van der Waals surface area (Å²) in [6, 6.07) is 0. The van der Waals surface area contributed by atoms with Crippen molar-refractivity contribution in [3.63, 3.8) is 0 Å². The average molecular weight is 406 g/mol. The van der Waals surface area contributed by atoms with E-state index in [1.807, 2.05) is 6.92 Å². The molecule has 1 aliphatic heterocycles. The highest BCUT2D eigenvalue weighted by Gasteiger charge is 2.28. The molecule has 1 atom stereocenters. The number of imide groups is 1. The van der Waals surface area contributed by atoms with Crippen LogP contribution in [0.4, 0.5) is 0 Å². The summed E-state index contributed by atoms with van der Waals surface area (Å²) in [5.41, 5.74) is 1.19. The molecule has 2 amide bonds. The molecule has 6 nitrogen and oxygen atoms in total. The van der Waals surface area contributed by atoms with E-state index in [-0.39, 0.29) is 23.1 Å². The van der Waals surface area contributed by atoms with Crippen molar-refractivity contribution < 1.29 is 9.59 Å². The zero-order valence-electron chi connectivity index (χ0n) is 15.6. The van der Waals surface area contributed by atoms with Crippen LogP contribution in [-0.4, -0.2) is 38.6 Å². The predicted molar refractivity (Wildman–Crippen MR) is 107 cm³/mol. The molecule has 0 N–H and O–H groups in total. The van der Waals surface area contributed by atoms with Crippen LogP contribution in [0.3, 0.4) is 0 Å². The van der Waals surface area contributed by atoms with E-state index in [0.29, 0.717) is 30.6 Å². The minimum absolute atomic E-state index is 0.00162. The summed E-state index contributed by atoms with van der Waals surface area (Å²) in [7, 11) is 0. The zero-order chi connectivity index (χ0) is 19.1. The lowest BCUT2D eigenvalue weighted by Gasteiger charge is -2.17. The predicted octanol–water partition coefficient (Wildman–Crippen LogP) is 2.84. The van der Waals surface area contributed by atoms with Gasteiger partial charge in [0.2, 0.25) is 11.8 Å². The van der Waals surface area contributed by atoms with Crippen LogP contribution in [0, 0.1) is 5.92 Å². The van der Waals surface area contributed by atoms with Crippen molar-refractivity contribution >= 4 is 45.1 Å². The van der Waals surface area contributed by atoms with Gasteiger partial charge in [0.15, 0.2) is 5.16 Å². The Morgan fingerprint density at radius 1 is 1.33 bits per heavy atom. The number of likely N-dealkylation sites (tertiary alicyclic amines) is 1. The molecular formula is C19H23N3O3S2. The molecule has 0 bridgehead atoms. The quantitative estimate of drug-likeness (QED) is 0.578. The molecule has 1 saturated heterocycles. The van der Waals surface area contributed by atoms with Crippen molar-refractivity contribution in [1.82, 2.24) is 14.5 Å². The second kappa shape index (κ2) is 7.39. The van der Waals surface area contributed by atoms with Crippen molar-refractivity contribution in [3.05, 3.63) is 20.8 Å². The van der Waals surface area contributed by atoms with Crippen molar-refractivity contribution in [2.75, 3.05) is 12.3 Å². The molecule has 1 fully saturated rings. The number of amides is 2. The van der Waals surface area contributed by atoms with E-state index in [1.165, 1.54) is 27.1 Å². The van der Waals surface area contributed by atoms with Crippen molar-refractivity contribution in [2.24, 2.45) is 5.92 Å². The molecular weight excluding hydrogens is 382 g/mol. The van der Waals surface area contributed by atoms with Crippen LogP contribution >= 0.6 is 23.1 Å². The molecule has 0 unspecified atom stereocenters. The Labute approximate surface area is 166 Å². The molecule has 8 heteroatoms. The number of thioether (sulfide) groups is 1. The first-order valence-corrected chi connectivity index (χ1v) is 11.3. The lowest BCUT2D eigenvalue weighted by molar-refractivity contribution is -0.140. The molecule has 0 radical (unpaired) electrons. The van der Waals surface area contributed by atoms with Gasteiger partial charge >= 0.3 is 0 Å². The Balaban J connectivity index is 1.65. The van der Waals surface area contributed by atoms with Gasteiger partial charge in [0.05, 0.1) is 11.1 Å². The number of aromatic nitrogens is 2. The van der Waals surface area contributed by atoms with E-state index >= 15 is 0 Å². The van der Waals surface area contributed by atoms with Gasteiger partial charge in [-0.05, 0) is 44.1 Å². The average Bonchev–Trinajstić information content (AvgIpc) is 3.22. The second-order valence-electron chi connectivity index (χ2n) is 7.31. The highest BCUT2D eigenvalue weighted by Crippen LogP contribution is 2.36. The molecule has 2 aromatic rings. The van der Waals surface area contributed by atoms with Crippen LogP contribution in [0.15, 0.2) is 9.95 Å². The van der Waals surface area contributed by atoms with E-state index < -0.39 is 0 Å². The van der Waals surface area contributed by atoms with Gasteiger partial charge in [-0.25, -0.2) is 4.98 Å². The minimum atomic E-state index is -0.196. The maximum Gasteiger partial charge on any atom is 0.263 e. The summed E-state index contributed by atoms with van der Waals surface area (Å²) in [6.45, 7) is 5.19. The topological polar surface area (TPSA) is 72.3 Å². The fourth-order valence-electron chi connectivity index (χ4n) is 3.91. The lowest BCUT2D eigenvalue weighted by Crippen LogP contribution is -2.33. The van der Waals surface area contributed by atoms with Crippen LogP contribution in [-0.2, 0) is 29.0 Å².